The number of nitrogens with one attached hydrogen (secondary N) is 1. The molecule has 0 heterocycles. The van der Waals surface area contributed by atoms with Crippen molar-refractivity contribution in [2.45, 2.75) is 84.7 Å². The topological polar surface area (TPSA) is 58.6 Å². The molecule has 1 aliphatic carbocycles. The molecule has 4 nitrogen and oxygen atoms in total. The van der Waals surface area contributed by atoms with Crippen molar-refractivity contribution in [1.82, 2.24) is 5.32 Å². The Labute approximate surface area is 226 Å². The fraction of sp³-hybridized carbons (Fsp3) is 0.594. The first kappa shape index (κ1) is 29.6. The monoisotopic (exact) mass is 523 g/mol. The number of hydrogen-bond donors (Lipinski definition) is 2. The van der Waals surface area contributed by atoms with Crippen LogP contribution in [0.1, 0.15) is 73.6 Å². The summed E-state index contributed by atoms with van der Waals surface area (Å²) in [6.07, 6.45) is 5.35. The minimum absolute atomic E-state index is 0.0277. The van der Waals surface area contributed by atoms with Gasteiger partial charge in [-0.05, 0) is 71.7 Å². The highest BCUT2D eigenvalue weighted by Crippen LogP contribution is 2.43. The Bertz CT molecular complexity index is 920. The van der Waals surface area contributed by atoms with Gasteiger partial charge in [-0.3, -0.25) is 4.79 Å². The Morgan fingerprint density at radius 2 is 1.62 bits per heavy atom. The Hall–Kier alpha value is -1.95. The quantitative estimate of drug-likeness (QED) is 0.360. The van der Waals surface area contributed by atoms with Crippen molar-refractivity contribution < 1.29 is 14.3 Å². The van der Waals surface area contributed by atoms with Gasteiger partial charge in [-0.1, -0.05) is 94.8 Å². The number of aliphatic hydroxyl groups excluding tert-OH is 1. The van der Waals surface area contributed by atoms with Gasteiger partial charge < -0.3 is 14.8 Å². The summed E-state index contributed by atoms with van der Waals surface area (Å²) in [5.41, 5.74) is 0. The lowest BCUT2D eigenvalue weighted by atomic mass is 9.75. The zero-order valence-electron chi connectivity index (χ0n) is 23.9. The SMILES string of the molecule is CCCC(C(C)NC(C)=O)C(CO[Si](c1ccccc1)(c1ccccc1)C(C)(C)C)C1CCC(CO)C1. The number of carbonyl (C=O) groups excluding carboxylic acids is 1. The summed E-state index contributed by atoms with van der Waals surface area (Å²) in [4.78, 5) is 12.1. The van der Waals surface area contributed by atoms with Gasteiger partial charge in [-0.15, -0.1) is 0 Å². The smallest absolute Gasteiger partial charge is 0.261 e. The van der Waals surface area contributed by atoms with Crippen LogP contribution < -0.4 is 15.7 Å². The third kappa shape index (κ3) is 6.93. The van der Waals surface area contributed by atoms with Crippen molar-refractivity contribution in [2.75, 3.05) is 13.2 Å². The van der Waals surface area contributed by atoms with E-state index in [1.54, 1.807) is 6.92 Å². The highest BCUT2D eigenvalue weighted by molar-refractivity contribution is 6.99. The van der Waals surface area contributed by atoms with Crippen LogP contribution in [0.2, 0.25) is 5.04 Å². The number of benzene rings is 2. The molecule has 1 aliphatic rings. The van der Waals surface area contributed by atoms with E-state index in [1.165, 1.54) is 10.4 Å². The van der Waals surface area contributed by atoms with Crippen LogP contribution in [0.15, 0.2) is 60.7 Å². The average molecular weight is 524 g/mol. The highest BCUT2D eigenvalue weighted by Gasteiger charge is 2.51. The van der Waals surface area contributed by atoms with Crippen LogP contribution >= 0.6 is 0 Å². The Morgan fingerprint density at radius 1 is 1.05 bits per heavy atom. The second-order valence-electron chi connectivity index (χ2n) is 12.2. The summed E-state index contributed by atoms with van der Waals surface area (Å²) in [5, 5.41) is 15.7. The normalized spacial score (nSPS) is 20.8. The molecule has 5 atom stereocenters. The fourth-order valence-corrected chi connectivity index (χ4v) is 11.5. The van der Waals surface area contributed by atoms with Gasteiger partial charge in [0.05, 0.1) is 0 Å². The van der Waals surface area contributed by atoms with E-state index in [2.05, 4.69) is 101 Å². The molecule has 3 rings (SSSR count). The minimum atomic E-state index is -2.66. The van der Waals surface area contributed by atoms with Crippen molar-refractivity contribution >= 4 is 24.6 Å². The summed E-state index contributed by atoms with van der Waals surface area (Å²) >= 11 is 0. The lowest BCUT2D eigenvalue weighted by Gasteiger charge is -2.45. The van der Waals surface area contributed by atoms with Gasteiger partial charge in [0.25, 0.3) is 8.32 Å². The molecule has 0 radical (unpaired) electrons. The number of carbonyl (C=O) groups is 1. The van der Waals surface area contributed by atoms with Crippen LogP contribution in [0.3, 0.4) is 0 Å². The fourth-order valence-electron chi connectivity index (χ4n) is 6.86. The molecule has 0 saturated heterocycles. The van der Waals surface area contributed by atoms with E-state index < -0.39 is 8.32 Å². The summed E-state index contributed by atoms with van der Waals surface area (Å²) < 4.78 is 7.46. The second-order valence-corrected chi connectivity index (χ2v) is 16.5. The van der Waals surface area contributed by atoms with Crippen molar-refractivity contribution in [2.24, 2.45) is 23.7 Å². The third-order valence-corrected chi connectivity index (χ3v) is 13.6. The molecule has 1 fully saturated rings. The molecule has 1 amide bonds. The molecule has 204 valence electrons. The Kier molecular flexibility index (Phi) is 10.6. The lowest BCUT2D eigenvalue weighted by Crippen LogP contribution is -2.67. The van der Waals surface area contributed by atoms with E-state index in [0.717, 1.165) is 32.1 Å². The average Bonchev–Trinajstić information content (AvgIpc) is 3.35. The Balaban J connectivity index is 2.06. The second kappa shape index (κ2) is 13.2. The molecule has 0 aliphatic heterocycles. The maximum absolute atomic E-state index is 12.1. The van der Waals surface area contributed by atoms with Crippen LogP contribution in [0.25, 0.3) is 0 Å². The molecule has 0 aromatic heterocycles. The van der Waals surface area contributed by atoms with Crippen LogP contribution in [-0.4, -0.2) is 38.6 Å². The zero-order chi connectivity index (χ0) is 27.1. The van der Waals surface area contributed by atoms with Crippen molar-refractivity contribution in [3.63, 3.8) is 0 Å². The number of amides is 1. The largest absolute Gasteiger partial charge is 0.407 e. The summed E-state index contributed by atoms with van der Waals surface area (Å²) in [6.45, 7) is 13.9. The lowest BCUT2D eigenvalue weighted by molar-refractivity contribution is -0.120. The van der Waals surface area contributed by atoms with Gasteiger partial charge in [-0.25, -0.2) is 0 Å². The highest BCUT2D eigenvalue weighted by atomic mass is 28.4. The molecule has 2 aromatic rings. The summed E-state index contributed by atoms with van der Waals surface area (Å²) in [5.74, 6) is 1.54. The molecule has 1 saturated carbocycles. The third-order valence-electron chi connectivity index (χ3n) is 8.60. The van der Waals surface area contributed by atoms with E-state index >= 15 is 0 Å². The van der Waals surface area contributed by atoms with Gasteiger partial charge in [0, 0.05) is 26.2 Å². The zero-order valence-corrected chi connectivity index (χ0v) is 24.9. The van der Waals surface area contributed by atoms with Crippen LogP contribution in [0, 0.1) is 23.7 Å². The summed E-state index contributed by atoms with van der Waals surface area (Å²) in [7, 11) is -2.66. The molecule has 0 spiro atoms. The van der Waals surface area contributed by atoms with Gasteiger partial charge in [0.2, 0.25) is 5.91 Å². The first-order chi connectivity index (χ1) is 17.6. The number of rotatable bonds is 12. The molecule has 5 heteroatoms. The van der Waals surface area contributed by atoms with Crippen LogP contribution in [0.5, 0.6) is 0 Å². The predicted octanol–water partition coefficient (Wildman–Crippen LogP) is 5.53. The first-order valence-electron chi connectivity index (χ1n) is 14.3. The predicted molar refractivity (Wildman–Crippen MR) is 157 cm³/mol. The van der Waals surface area contributed by atoms with Gasteiger partial charge >= 0.3 is 0 Å². The minimum Gasteiger partial charge on any atom is -0.407 e. The molecular formula is C32H49NO3Si. The van der Waals surface area contributed by atoms with E-state index in [0.29, 0.717) is 30.3 Å². The molecule has 37 heavy (non-hydrogen) atoms. The van der Waals surface area contributed by atoms with Crippen molar-refractivity contribution in [3.8, 4) is 0 Å². The molecule has 0 bridgehead atoms. The first-order valence-corrected chi connectivity index (χ1v) is 16.2. The van der Waals surface area contributed by atoms with Crippen molar-refractivity contribution in [1.29, 1.82) is 0 Å². The van der Waals surface area contributed by atoms with E-state index in [9.17, 15) is 9.90 Å². The molecule has 5 unspecified atom stereocenters. The number of hydrogen-bond acceptors (Lipinski definition) is 3. The van der Waals surface area contributed by atoms with Crippen LogP contribution in [0.4, 0.5) is 0 Å². The van der Waals surface area contributed by atoms with E-state index in [1.807, 2.05) is 0 Å². The van der Waals surface area contributed by atoms with Gasteiger partial charge in [0.1, 0.15) is 0 Å². The van der Waals surface area contributed by atoms with Crippen LogP contribution in [-0.2, 0) is 9.22 Å². The van der Waals surface area contributed by atoms with E-state index in [-0.39, 0.29) is 23.6 Å². The molecular weight excluding hydrogens is 474 g/mol. The maximum Gasteiger partial charge on any atom is 0.261 e. The van der Waals surface area contributed by atoms with E-state index in [4.69, 9.17) is 4.43 Å². The maximum atomic E-state index is 12.1. The van der Waals surface area contributed by atoms with Gasteiger partial charge in [0.15, 0.2) is 0 Å². The van der Waals surface area contributed by atoms with Crippen molar-refractivity contribution in [3.05, 3.63) is 60.7 Å². The molecule has 2 aromatic carbocycles. The molecule has 2 N–H and O–H groups in total. The standard InChI is InChI=1S/C32H49NO3Si/c1-7-14-30(24(2)33-25(3)35)31(27-20-19-26(21-27)22-34)23-36-37(32(4,5)6,28-15-10-8-11-16-28)29-17-12-9-13-18-29/h8-13,15-18,24,26-27,30-31,34H,7,14,19-23H2,1-6H3,(H,33,35). The number of aliphatic hydroxyl groups is 1. The summed E-state index contributed by atoms with van der Waals surface area (Å²) in [6, 6.07) is 21.8. The Morgan fingerprint density at radius 3 is 2.05 bits per heavy atom. The van der Waals surface area contributed by atoms with Gasteiger partial charge in [-0.2, -0.15) is 0 Å².